The van der Waals surface area contributed by atoms with Gasteiger partial charge in [-0.1, -0.05) is 6.07 Å². The van der Waals surface area contributed by atoms with E-state index in [2.05, 4.69) is 10.6 Å². The maximum atomic E-state index is 12.0. The van der Waals surface area contributed by atoms with Gasteiger partial charge in [0.05, 0.1) is 17.0 Å². The lowest BCUT2D eigenvalue weighted by Gasteiger charge is -2.08. The van der Waals surface area contributed by atoms with E-state index in [0.29, 0.717) is 17.2 Å². The van der Waals surface area contributed by atoms with Crippen molar-refractivity contribution in [2.75, 3.05) is 32.2 Å². The maximum absolute atomic E-state index is 12.0. The summed E-state index contributed by atoms with van der Waals surface area (Å²) in [6.45, 7) is -0.0570. The van der Waals surface area contributed by atoms with Crippen molar-refractivity contribution in [3.05, 3.63) is 52.2 Å². The molecule has 10 heteroatoms. The molecule has 1 aromatic heterocycles. The van der Waals surface area contributed by atoms with E-state index >= 15 is 0 Å². The number of hydrogen-bond acceptors (Lipinski definition) is 7. The largest absolute Gasteiger partial charge is 0.452 e. The molecule has 148 valence electrons. The zero-order valence-electron chi connectivity index (χ0n) is 15.0. The predicted octanol–water partition coefficient (Wildman–Crippen LogP) is 1.63. The average Bonchev–Trinajstić information content (AvgIpc) is 3.22. The van der Waals surface area contributed by atoms with Crippen molar-refractivity contribution in [3.8, 4) is 0 Å². The predicted molar refractivity (Wildman–Crippen MR) is 102 cm³/mol. The molecule has 0 unspecified atom stereocenters. The van der Waals surface area contributed by atoms with Crippen molar-refractivity contribution in [3.63, 3.8) is 0 Å². The molecule has 0 aliphatic heterocycles. The van der Waals surface area contributed by atoms with E-state index < -0.39 is 24.5 Å². The third kappa shape index (κ3) is 6.82. The van der Waals surface area contributed by atoms with Gasteiger partial charge in [-0.15, -0.1) is 11.3 Å². The Hall–Kier alpha value is -3.24. The van der Waals surface area contributed by atoms with Gasteiger partial charge < -0.3 is 20.1 Å². The van der Waals surface area contributed by atoms with Crippen LogP contribution in [0.5, 0.6) is 0 Å². The highest BCUT2D eigenvalue weighted by molar-refractivity contribution is 7.12. The quantitative estimate of drug-likeness (QED) is 0.453. The molecular weight excluding hydrogens is 386 g/mol. The van der Waals surface area contributed by atoms with Crippen molar-refractivity contribution >= 4 is 40.8 Å². The number of esters is 1. The Morgan fingerprint density at radius 3 is 2.46 bits per heavy atom. The zero-order chi connectivity index (χ0) is 20.4. The molecule has 9 nitrogen and oxygen atoms in total. The minimum Gasteiger partial charge on any atom is -0.452 e. The summed E-state index contributed by atoms with van der Waals surface area (Å²) in [7, 11) is 1.48. The van der Waals surface area contributed by atoms with Crippen LogP contribution in [0, 0.1) is 0 Å². The highest BCUT2D eigenvalue weighted by Gasteiger charge is 2.13. The van der Waals surface area contributed by atoms with Crippen LogP contribution in [0.25, 0.3) is 0 Å². The second-order valence-corrected chi connectivity index (χ2v) is 6.33. The Balaban J connectivity index is 1.77. The molecular formula is C18H19N3O6S. The third-order valence-corrected chi connectivity index (χ3v) is 4.17. The van der Waals surface area contributed by atoms with Crippen molar-refractivity contribution in [1.82, 2.24) is 10.6 Å². The standard InChI is InChI=1S/C18H19N3O6S/c1-26-9-8-19-18(25)21-15(22)11-27-17(24)12-4-6-13(7-5-12)20-16(23)14-3-2-10-28-14/h2-7,10H,8-9,11H2,1H3,(H,20,23)(H2,19,21,22,25). The first kappa shape index (κ1) is 21.1. The Bertz CT molecular complexity index is 820. The van der Waals surface area contributed by atoms with E-state index in [0.717, 1.165) is 0 Å². The van der Waals surface area contributed by atoms with E-state index in [1.165, 1.54) is 30.6 Å². The van der Waals surface area contributed by atoms with Crippen LogP contribution in [0.1, 0.15) is 20.0 Å². The summed E-state index contributed by atoms with van der Waals surface area (Å²) in [5.41, 5.74) is 0.715. The van der Waals surface area contributed by atoms with Crippen LogP contribution < -0.4 is 16.0 Å². The molecule has 28 heavy (non-hydrogen) atoms. The van der Waals surface area contributed by atoms with Gasteiger partial charge in [0.1, 0.15) is 0 Å². The highest BCUT2D eigenvalue weighted by atomic mass is 32.1. The third-order valence-electron chi connectivity index (χ3n) is 3.30. The molecule has 3 N–H and O–H groups in total. The molecule has 0 saturated carbocycles. The maximum Gasteiger partial charge on any atom is 0.338 e. The highest BCUT2D eigenvalue weighted by Crippen LogP contribution is 2.14. The first-order chi connectivity index (χ1) is 13.5. The van der Waals surface area contributed by atoms with E-state index in [9.17, 15) is 19.2 Å². The molecule has 0 atom stereocenters. The van der Waals surface area contributed by atoms with Gasteiger partial charge in [-0.3, -0.25) is 14.9 Å². The number of thiophene rings is 1. The molecule has 1 heterocycles. The second-order valence-electron chi connectivity index (χ2n) is 5.38. The van der Waals surface area contributed by atoms with Gasteiger partial charge in [0.15, 0.2) is 6.61 Å². The summed E-state index contributed by atoms with van der Waals surface area (Å²) in [6, 6.07) is 8.79. The minimum absolute atomic E-state index is 0.200. The van der Waals surface area contributed by atoms with Gasteiger partial charge in [0.2, 0.25) is 0 Å². The normalized spacial score (nSPS) is 10.0. The van der Waals surface area contributed by atoms with E-state index in [1.54, 1.807) is 29.6 Å². The lowest BCUT2D eigenvalue weighted by atomic mass is 10.2. The van der Waals surface area contributed by atoms with Crippen molar-refractivity contribution < 1.29 is 28.7 Å². The molecule has 0 spiro atoms. The summed E-state index contributed by atoms with van der Waals surface area (Å²) in [4.78, 5) is 47.5. The molecule has 0 saturated heterocycles. The number of benzene rings is 1. The number of carbonyl (C=O) groups is 4. The Kier molecular flexibility index (Phi) is 8.12. The van der Waals surface area contributed by atoms with Crippen LogP contribution in [0.2, 0.25) is 0 Å². The van der Waals surface area contributed by atoms with Gasteiger partial charge in [-0.2, -0.15) is 0 Å². The van der Waals surface area contributed by atoms with E-state index in [1.807, 2.05) is 5.32 Å². The van der Waals surface area contributed by atoms with Crippen molar-refractivity contribution in [2.24, 2.45) is 0 Å². The number of nitrogens with one attached hydrogen (secondary N) is 3. The Labute approximate surface area is 165 Å². The smallest absolute Gasteiger partial charge is 0.338 e. The Morgan fingerprint density at radius 2 is 1.82 bits per heavy atom. The number of imide groups is 1. The number of amides is 4. The zero-order valence-corrected chi connectivity index (χ0v) is 15.8. The van der Waals surface area contributed by atoms with Crippen LogP contribution in [0.15, 0.2) is 41.8 Å². The van der Waals surface area contributed by atoms with Crippen LogP contribution in [-0.2, 0) is 14.3 Å². The van der Waals surface area contributed by atoms with E-state index in [4.69, 9.17) is 9.47 Å². The molecule has 0 radical (unpaired) electrons. The number of ether oxygens (including phenoxy) is 2. The molecule has 0 bridgehead atoms. The van der Waals surface area contributed by atoms with E-state index in [-0.39, 0.29) is 18.0 Å². The van der Waals surface area contributed by atoms with Crippen molar-refractivity contribution in [2.45, 2.75) is 0 Å². The topological polar surface area (TPSA) is 123 Å². The number of urea groups is 1. The fourth-order valence-corrected chi connectivity index (χ4v) is 2.60. The SMILES string of the molecule is COCCNC(=O)NC(=O)COC(=O)c1ccc(NC(=O)c2cccs2)cc1. The van der Waals surface area contributed by atoms with Crippen LogP contribution in [0.3, 0.4) is 0 Å². The lowest BCUT2D eigenvalue weighted by molar-refractivity contribution is -0.123. The molecule has 2 rings (SSSR count). The van der Waals surface area contributed by atoms with Gasteiger partial charge in [0, 0.05) is 19.3 Å². The first-order valence-corrected chi connectivity index (χ1v) is 9.06. The van der Waals surface area contributed by atoms with Gasteiger partial charge in [-0.25, -0.2) is 9.59 Å². The molecule has 0 fully saturated rings. The summed E-state index contributed by atoms with van der Waals surface area (Å²) < 4.78 is 9.61. The van der Waals surface area contributed by atoms with Gasteiger partial charge in [0.25, 0.3) is 11.8 Å². The number of anilines is 1. The summed E-state index contributed by atoms with van der Waals surface area (Å²) in [5, 5.41) is 8.92. The van der Waals surface area contributed by atoms with Crippen molar-refractivity contribution in [1.29, 1.82) is 0 Å². The molecule has 4 amide bonds. The van der Waals surface area contributed by atoms with Crippen LogP contribution in [-0.4, -0.2) is 50.7 Å². The van der Waals surface area contributed by atoms with Gasteiger partial charge >= 0.3 is 12.0 Å². The molecule has 0 aliphatic carbocycles. The summed E-state index contributed by atoms with van der Waals surface area (Å²) in [5.74, 6) is -1.74. The van der Waals surface area contributed by atoms with Crippen LogP contribution >= 0.6 is 11.3 Å². The minimum atomic E-state index is -0.761. The van der Waals surface area contributed by atoms with Gasteiger partial charge in [-0.05, 0) is 35.7 Å². The summed E-state index contributed by atoms with van der Waals surface area (Å²) >= 11 is 1.32. The lowest BCUT2D eigenvalue weighted by Crippen LogP contribution is -2.42. The fourth-order valence-electron chi connectivity index (χ4n) is 1.98. The molecule has 0 aliphatic rings. The molecule has 2 aromatic rings. The summed E-state index contributed by atoms with van der Waals surface area (Å²) in [6.07, 6.45) is 0. The average molecular weight is 405 g/mol. The van der Waals surface area contributed by atoms with Crippen LogP contribution in [0.4, 0.5) is 10.5 Å². The Morgan fingerprint density at radius 1 is 1.07 bits per heavy atom. The number of carbonyl (C=O) groups excluding carboxylic acids is 4. The number of methoxy groups -OCH3 is 1. The fraction of sp³-hybridized carbons (Fsp3) is 0.222. The molecule has 1 aromatic carbocycles. The number of hydrogen-bond donors (Lipinski definition) is 3. The first-order valence-electron chi connectivity index (χ1n) is 8.18. The second kappa shape index (κ2) is 10.8. The monoisotopic (exact) mass is 405 g/mol. The number of rotatable bonds is 8.